The third-order valence-corrected chi connectivity index (χ3v) is 0.620. The molecule has 0 heterocycles. The molecule has 2 N–H and O–H groups in total. The van der Waals surface area contributed by atoms with Gasteiger partial charge in [-0.2, -0.15) is 0 Å². The lowest BCUT2D eigenvalue weighted by molar-refractivity contribution is 0.185. The van der Waals surface area contributed by atoms with Gasteiger partial charge in [-0.05, 0) is 0 Å². The molecule has 0 aliphatic carbocycles. The second kappa shape index (κ2) is 2.91. The van der Waals surface area contributed by atoms with Gasteiger partial charge in [-0.1, -0.05) is 0 Å². The zero-order valence-corrected chi connectivity index (χ0v) is 5.21. The summed E-state index contributed by atoms with van der Waals surface area (Å²) in [5.41, 5.74) is 0. The molecule has 52 valence electrons. The lowest BCUT2D eigenvalue weighted by atomic mass is 10.8. The summed E-state index contributed by atoms with van der Waals surface area (Å²) >= 11 is 0. The molecule has 0 unspecified atom stereocenters. The van der Waals surface area contributed by atoms with Gasteiger partial charge in [0.15, 0.2) is 0 Å². The van der Waals surface area contributed by atoms with Gasteiger partial charge in [0, 0.05) is 14.1 Å². The van der Waals surface area contributed by atoms with Crippen LogP contribution in [0.1, 0.15) is 0 Å². The molecule has 0 aliphatic rings. The van der Waals surface area contributed by atoms with Crippen molar-refractivity contribution in [3.63, 3.8) is 0 Å². The Kier molecular flexibility index (Phi) is 2.50. The molecule has 0 fully saturated rings. The minimum Gasteiger partial charge on any atom is -0.465 e. The Morgan fingerprint density at radius 1 is 1.44 bits per heavy atom. The van der Waals surface area contributed by atoms with Crippen LogP contribution in [0.4, 0.5) is 9.59 Å². The molecule has 5 nitrogen and oxygen atoms in total. The quantitative estimate of drug-likeness (QED) is 0.485. The van der Waals surface area contributed by atoms with Gasteiger partial charge in [0.05, 0.1) is 0 Å². The lowest BCUT2D eigenvalue weighted by Crippen LogP contribution is -2.37. The monoisotopic (exact) mass is 132 g/mol. The van der Waals surface area contributed by atoms with Crippen molar-refractivity contribution < 1.29 is 14.7 Å². The fraction of sp³-hybridized carbons (Fsp3) is 0.500. The van der Waals surface area contributed by atoms with Crippen molar-refractivity contribution in [2.75, 3.05) is 14.1 Å². The SMILES string of the molecule is CN(C)C(=O)NC(=O)O. The second-order valence-electron chi connectivity index (χ2n) is 1.63. The van der Waals surface area contributed by atoms with Crippen LogP contribution in [-0.2, 0) is 0 Å². The van der Waals surface area contributed by atoms with Gasteiger partial charge in [-0.25, -0.2) is 14.9 Å². The molecule has 0 bridgehead atoms. The van der Waals surface area contributed by atoms with Crippen molar-refractivity contribution in [1.82, 2.24) is 10.2 Å². The Labute approximate surface area is 52.3 Å². The maximum absolute atomic E-state index is 10.4. The van der Waals surface area contributed by atoms with Crippen LogP contribution in [-0.4, -0.2) is 36.2 Å². The fourth-order valence-corrected chi connectivity index (χ4v) is 0.203. The molecule has 0 aromatic rings. The smallest absolute Gasteiger partial charge is 0.412 e. The van der Waals surface area contributed by atoms with Crippen LogP contribution >= 0.6 is 0 Å². The van der Waals surface area contributed by atoms with E-state index in [0.717, 1.165) is 4.90 Å². The van der Waals surface area contributed by atoms with Crippen LogP contribution in [0.15, 0.2) is 0 Å². The van der Waals surface area contributed by atoms with Crippen LogP contribution in [0.5, 0.6) is 0 Å². The molecule has 3 amide bonds. The van der Waals surface area contributed by atoms with Gasteiger partial charge in [-0.15, -0.1) is 0 Å². The maximum atomic E-state index is 10.4. The average molecular weight is 132 g/mol. The Morgan fingerprint density at radius 2 is 1.89 bits per heavy atom. The van der Waals surface area contributed by atoms with Gasteiger partial charge in [0.2, 0.25) is 0 Å². The van der Waals surface area contributed by atoms with Crippen LogP contribution in [0.3, 0.4) is 0 Å². The van der Waals surface area contributed by atoms with Gasteiger partial charge in [0.25, 0.3) is 0 Å². The maximum Gasteiger partial charge on any atom is 0.412 e. The minimum absolute atomic E-state index is 0.637. The molecule has 0 spiro atoms. The summed E-state index contributed by atoms with van der Waals surface area (Å²) in [6, 6.07) is -0.637. The molecule has 0 rings (SSSR count). The van der Waals surface area contributed by atoms with E-state index in [1.54, 1.807) is 5.32 Å². The molecule has 0 aromatic carbocycles. The standard InChI is InChI=1S/C4H8N2O3/c1-6(2)3(7)5-4(8)9/h1-2H3,(H,5,7)(H,8,9). The van der Waals surface area contributed by atoms with E-state index in [4.69, 9.17) is 5.11 Å². The first-order chi connectivity index (χ1) is 4.04. The highest BCUT2D eigenvalue weighted by molar-refractivity contribution is 5.89. The van der Waals surface area contributed by atoms with Gasteiger partial charge < -0.3 is 10.0 Å². The second-order valence-corrected chi connectivity index (χ2v) is 1.63. The number of carboxylic acid groups (broad SMARTS) is 1. The average Bonchev–Trinajstić information content (AvgIpc) is 1.63. The number of nitrogens with one attached hydrogen (secondary N) is 1. The van der Waals surface area contributed by atoms with E-state index in [0.29, 0.717) is 0 Å². The zero-order valence-electron chi connectivity index (χ0n) is 5.21. The summed E-state index contributed by atoms with van der Waals surface area (Å²) in [6.07, 6.45) is -1.34. The van der Waals surface area contributed by atoms with Crippen LogP contribution in [0.2, 0.25) is 0 Å². The van der Waals surface area contributed by atoms with E-state index in [-0.39, 0.29) is 0 Å². The minimum atomic E-state index is -1.34. The molecule has 0 atom stereocenters. The summed E-state index contributed by atoms with van der Waals surface area (Å²) in [5, 5.41) is 9.62. The van der Waals surface area contributed by atoms with Crippen LogP contribution < -0.4 is 5.32 Å². The van der Waals surface area contributed by atoms with E-state index in [2.05, 4.69) is 0 Å². The molecule has 9 heavy (non-hydrogen) atoms. The molecule has 5 heteroatoms. The van der Waals surface area contributed by atoms with E-state index >= 15 is 0 Å². The number of hydrogen-bond donors (Lipinski definition) is 2. The molecule has 0 aromatic heterocycles. The van der Waals surface area contributed by atoms with Crippen molar-refractivity contribution in [3.8, 4) is 0 Å². The lowest BCUT2D eigenvalue weighted by Gasteiger charge is -2.07. The van der Waals surface area contributed by atoms with E-state index in [1.807, 2.05) is 0 Å². The van der Waals surface area contributed by atoms with Crippen molar-refractivity contribution in [2.45, 2.75) is 0 Å². The number of hydrogen-bond acceptors (Lipinski definition) is 2. The normalized spacial score (nSPS) is 8.22. The number of carbonyl (C=O) groups is 2. The van der Waals surface area contributed by atoms with Crippen molar-refractivity contribution >= 4 is 12.1 Å². The number of urea groups is 1. The first kappa shape index (κ1) is 7.74. The Bertz CT molecular complexity index is 132. The molecule has 0 saturated carbocycles. The molecule has 0 radical (unpaired) electrons. The molecular formula is C4H8N2O3. The van der Waals surface area contributed by atoms with Crippen LogP contribution in [0.25, 0.3) is 0 Å². The summed E-state index contributed by atoms with van der Waals surface area (Å²) < 4.78 is 0. The highest BCUT2D eigenvalue weighted by atomic mass is 16.4. The van der Waals surface area contributed by atoms with E-state index < -0.39 is 12.1 Å². The summed E-state index contributed by atoms with van der Waals surface area (Å²) in [4.78, 5) is 21.3. The first-order valence-electron chi connectivity index (χ1n) is 2.25. The van der Waals surface area contributed by atoms with E-state index in [9.17, 15) is 9.59 Å². The number of rotatable bonds is 0. The Morgan fingerprint density at radius 3 is 2.00 bits per heavy atom. The number of imide groups is 1. The largest absolute Gasteiger partial charge is 0.465 e. The summed E-state index contributed by atoms with van der Waals surface area (Å²) in [7, 11) is 2.91. The van der Waals surface area contributed by atoms with Crippen molar-refractivity contribution in [1.29, 1.82) is 0 Å². The number of nitrogens with zero attached hydrogens (tertiary/aromatic N) is 1. The molecule has 0 aliphatic heterocycles. The fourth-order valence-electron chi connectivity index (χ4n) is 0.203. The zero-order chi connectivity index (χ0) is 7.44. The third kappa shape index (κ3) is 3.33. The third-order valence-electron chi connectivity index (χ3n) is 0.620. The number of amides is 3. The van der Waals surface area contributed by atoms with Gasteiger partial charge in [0.1, 0.15) is 0 Å². The Hall–Kier alpha value is -1.26. The first-order valence-corrected chi connectivity index (χ1v) is 2.25. The Balaban J connectivity index is 3.64. The summed E-state index contributed by atoms with van der Waals surface area (Å²) in [5.74, 6) is 0. The number of carbonyl (C=O) groups excluding carboxylic acids is 1. The molecule has 0 saturated heterocycles. The van der Waals surface area contributed by atoms with Gasteiger partial charge in [-0.3, -0.25) is 0 Å². The van der Waals surface area contributed by atoms with Crippen molar-refractivity contribution in [3.05, 3.63) is 0 Å². The topological polar surface area (TPSA) is 69.6 Å². The highest BCUT2D eigenvalue weighted by Gasteiger charge is 2.04. The highest BCUT2D eigenvalue weighted by Crippen LogP contribution is 1.74. The van der Waals surface area contributed by atoms with Gasteiger partial charge >= 0.3 is 12.1 Å². The van der Waals surface area contributed by atoms with Crippen LogP contribution in [0, 0.1) is 0 Å². The van der Waals surface area contributed by atoms with E-state index in [1.165, 1.54) is 14.1 Å². The molecular weight excluding hydrogens is 124 g/mol. The predicted octanol–water partition coefficient (Wildman–Crippen LogP) is -0.0644. The van der Waals surface area contributed by atoms with Crippen molar-refractivity contribution in [2.24, 2.45) is 0 Å². The predicted molar refractivity (Wildman–Crippen MR) is 30.2 cm³/mol. The summed E-state index contributed by atoms with van der Waals surface area (Å²) in [6.45, 7) is 0.